The first-order valence-electron chi connectivity index (χ1n) is 28.1. The molecule has 0 aliphatic heterocycles. The van der Waals surface area contributed by atoms with E-state index in [0.717, 1.165) is 96.3 Å². The molecule has 0 N–H and O–H groups in total. The summed E-state index contributed by atoms with van der Waals surface area (Å²) in [5, 5.41) is 0. The molecule has 0 aromatic heterocycles. The highest BCUT2D eigenvalue weighted by molar-refractivity contribution is 5.70. The Hall–Kier alpha value is -2.92. The average molecular weight is 920 g/mol. The maximum Gasteiger partial charge on any atom is 0.306 e. The second-order valence-corrected chi connectivity index (χ2v) is 18.4. The molecule has 0 saturated heterocycles. The summed E-state index contributed by atoms with van der Waals surface area (Å²) in [5.74, 6) is -0.432. The monoisotopic (exact) mass is 919 g/mol. The van der Waals surface area contributed by atoms with Gasteiger partial charge in [0, 0.05) is 19.4 Å². The molecule has 0 aliphatic rings. The van der Waals surface area contributed by atoms with E-state index in [-0.39, 0.29) is 25.2 Å². The first kappa shape index (κ1) is 63.1. The van der Waals surface area contributed by atoms with Gasteiger partial charge < -0.3 is 14.2 Å². The lowest BCUT2D eigenvalue weighted by Crippen LogP contribution is -2.30. The normalized spacial score (nSPS) is 12.8. The van der Waals surface area contributed by atoms with Crippen molar-refractivity contribution in [2.75, 3.05) is 19.8 Å². The molecule has 0 aromatic rings. The molecule has 0 amide bonds. The van der Waals surface area contributed by atoms with Gasteiger partial charge in [0.15, 0.2) is 6.10 Å². The van der Waals surface area contributed by atoms with Crippen LogP contribution in [0.15, 0.2) is 85.1 Å². The summed E-state index contributed by atoms with van der Waals surface area (Å²) in [5.41, 5.74) is 0. The molecule has 0 heterocycles. The van der Waals surface area contributed by atoms with Crippen molar-refractivity contribution in [3.63, 3.8) is 0 Å². The minimum absolute atomic E-state index is 0.0599. The van der Waals surface area contributed by atoms with Gasteiger partial charge in [-0.25, -0.2) is 0 Å². The fourth-order valence-electron chi connectivity index (χ4n) is 7.70. The van der Waals surface area contributed by atoms with Gasteiger partial charge in [-0.05, 0) is 116 Å². The second-order valence-electron chi connectivity index (χ2n) is 18.4. The van der Waals surface area contributed by atoms with E-state index in [1.807, 2.05) is 0 Å². The zero-order valence-corrected chi connectivity index (χ0v) is 43.7. The van der Waals surface area contributed by atoms with Crippen LogP contribution in [0.1, 0.15) is 265 Å². The topological polar surface area (TPSA) is 61.8 Å². The van der Waals surface area contributed by atoms with Crippen molar-refractivity contribution in [2.24, 2.45) is 0 Å². The fourth-order valence-corrected chi connectivity index (χ4v) is 7.70. The molecular formula is C61H106O5. The highest BCUT2D eigenvalue weighted by Gasteiger charge is 2.17. The van der Waals surface area contributed by atoms with E-state index in [1.54, 1.807) is 0 Å². The Morgan fingerprint density at radius 2 is 0.682 bits per heavy atom. The third kappa shape index (κ3) is 53.7. The molecule has 0 fully saturated rings. The van der Waals surface area contributed by atoms with Crippen LogP contribution < -0.4 is 0 Å². The van der Waals surface area contributed by atoms with Crippen LogP contribution in [-0.2, 0) is 23.8 Å². The third-order valence-electron chi connectivity index (χ3n) is 11.9. The largest absolute Gasteiger partial charge is 0.462 e. The van der Waals surface area contributed by atoms with Crippen LogP contribution in [-0.4, -0.2) is 37.9 Å². The Balaban J connectivity index is 4.37. The number of rotatable bonds is 51. The molecule has 5 heteroatoms. The first-order valence-corrected chi connectivity index (χ1v) is 28.1. The summed E-state index contributed by atoms with van der Waals surface area (Å²) >= 11 is 0. The second kappa shape index (κ2) is 56.4. The summed E-state index contributed by atoms with van der Waals surface area (Å²) in [6.07, 6.45) is 74.6. The lowest BCUT2D eigenvalue weighted by atomic mass is 10.1. The van der Waals surface area contributed by atoms with Crippen molar-refractivity contribution in [1.29, 1.82) is 0 Å². The number of ether oxygens (including phenoxy) is 3. The Morgan fingerprint density at radius 3 is 1.11 bits per heavy atom. The Bertz CT molecular complexity index is 1220. The summed E-state index contributed by atoms with van der Waals surface area (Å²) in [6.45, 7) is 7.61. The van der Waals surface area contributed by atoms with Gasteiger partial charge in [0.05, 0.1) is 6.61 Å². The molecule has 1 unspecified atom stereocenters. The van der Waals surface area contributed by atoms with E-state index >= 15 is 0 Å². The highest BCUT2D eigenvalue weighted by Crippen LogP contribution is 2.14. The Kier molecular flexibility index (Phi) is 53.9. The maximum atomic E-state index is 12.8. The summed E-state index contributed by atoms with van der Waals surface area (Å²) in [7, 11) is 0. The van der Waals surface area contributed by atoms with Gasteiger partial charge in [-0.15, -0.1) is 0 Å². The average Bonchev–Trinajstić information content (AvgIpc) is 3.32. The molecule has 0 aliphatic carbocycles. The zero-order chi connectivity index (χ0) is 47.7. The van der Waals surface area contributed by atoms with Crippen LogP contribution in [0.2, 0.25) is 0 Å². The highest BCUT2D eigenvalue weighted by atomic mass is 16.6. The molecule has 0 spiro atoms. The standard InChI is InChI=1S/C61H106O5/c1-4-7-10-13-16-19-22-25-28-30-32-35-38-41-44-47-50-53-56-64-57-59(66-61(63)55-52-49-46-43-40-37-33-27-24-21-18-15-12-9-6-3)58-65-60(62)54-51-48-45-42-39-36-34-31-29-26-23-20-17-14-11-8-5-2/h7,10,16,19,25-29,32-33,35,41,44,59H,4-6,8-9,11-15,17-18,20-24,30-31,34,36-40,42-43,45-58H2,1-3H3/b10-7-,19-16-,28-25-,29-26-,33-27-,35-32-,44-41-. The van der Waals surface area contributed by atoms with Crippen molar-refractivity contribution < 1.29 is 23.8 Å². The quantitative estimate of drug-likeness (QED) is 0.0346. The van der Waals surface area contributed by atoms with Gasteiger partial charge in [-0.1, -0.05) is 221 Å². The molecule has 1 atom stereocenters. The molecule has 0 saturated carbocycles. The minimum atomic E-state index is -0.569. The van der Waals surface area contributed by atoms with Gasteiger partial charge >= 0.3 is 11.9 Å². The van der Waals surface area contributed by atoms with E-state index in [2.05, 4.69) is 106 Å². The molecule has 0 bridgehead atoms. The minimum Gasteiger partial charge on any atom is -0.462 e. The van der Waals surface area contributed by atoms with E-state index in [4.69, 9.17) is 14.2 Å². The summed E-state index contributed by atoms with van der Waals surface area (Å²) < 4.78 is 17.4. The van der Waals surface area contributed by atoms with E-state index < -0.39 is 6.10 Å². The van der Waals surface area contributed by atoms with Crippen molar-refractivity contribution >= 4 is 11.9 Å². The Morgan fingerprint density at radius 1 is 0.348 bits per heavy atom. The maximum absolute atomic E-state index is 12.8. The predicted octanol–water partition coefficient (Wildman–Crippen LogP) is 19.2. The zero-order valence-electron chi connectivity index (χ0n) is 43.7. The van der Waals surface area contributed by atoms with E-state index in [0.29, 0.717) is 19.4 Å². The number of hydrogen-bond donors (Lipinski definition) is 0. The van der Waals surface area contributed by atoms with Crippen molar-refractivity contribution in [1.82, 2.24) is 0 Å². The molecule has 0 radical (unpaired) electrons. The van der Waals surface area contributed by atoms with Crippen LogP contribution in [0.5, 0.6) is 0 Å². The van der Waals surface area contributed by atoms with Crippen LogP contribution in [0.3, 0.4) is 0 Å². The van der Waals surface area contributed by atoms with Gasteiger partial charge in [0.25, 0.3) is 0 Å². The van der Waals surface area contributed by atoms with Crippen LogP contribution in [0, 0.1) is 0 Å². The number of carbonyl (C=O) groups is 2. The lowest BCUT2D eigenvalue weighted by molar-refractivity contribution is -0.163. The van der Waals surface area contributed by atoms with Crippen LogP contribution >= 0.6 is 0 Å². The molecule has 5 nitrogen and oxygen atoms in total. The van der Waals surface area contributed by atoms with Crippen molar-refractivity contribution in [3.8, 4) is 0 Å². The van der Waals surface area contributed by atoms with Gasteiger partial charge in [0.1, 0.15) is 6.61 Å². The predicted molar refractivity (Wildman–Crippen MR) is 288 cm³/mol. The molecular weight excluding hydrogens is 813 g/mol. The Labute approximate surface area is 409 Å². The van der Waals surface area contributed by atoms with Crippen LogP contribution in [0.25, 0.3) is 0 Å². The lowest BCUT2D eigenvalue weighted by Gasteiger charge is -2.18. The van der Waals surface area contributed by atoms with Gasteiger partial charge in [0.2, 0.25) is 0 Å². The number of hydrogen-bond acceptors (Lipinski definition) is 5. The van der Waals surface area contributed by atoms with E-state index in [9.17, 15) is 9.59 Å². The first-order chi connectivity index (χ1) is 32.6. The van der Waals surface area contributed by atoms with Gasteiger partial charge in [-0.3, -0.25) is 9.59 Å². The van der Waals surface area contributed by atoms with Crippen molar-refractivity contribution in [2.45, 2.75) is 271 Å². The van der Waals surface area contributed by atoms with E-state index in [1.165, 1.54) is 135 Å². The number of carbonyl (C=O) groups excluding carboxylic acids is 2. The van der Waals surface area contributed by atoms with Gasteiger partial charge in [-0.2, -0.15) is 0 Å². The molecule has 0 aromatic carbocycles. The number of allylic oxidation sites excluding steroid dienone is 14. The number of unbranched alkanes of at least 4 members (excludes halogenated alkanes) is 26. The smallest absolute Gasteiger partial charge is 0.306 e. The summed E-state index contributed by atoms with van der Waals surface area (Å²) in [4.78, 5) is 25.5. The molecule has 380 valence electrons. The molecule has 66 heavy (non-hydrogen) atoms. The van der Waals surface area contributed by atoms with Crippen LogP contribution in [0.4, 0.5) is 0 Å². The SMILES string of the molecule is CC/C=C\C/C=C\C/C=C\C/C=C\C/C=C\CCCCOCC(COC(=O)CCCCCCCCC/C=C\CCCCCCCC)OC(=O)CCCCCCC/C=C\CCCCCCCC. The number of esters is 2. The summed E-state index contributed by atoms with van der Waals surface area (Å²) in [6, 6.07) is 0. The van der Waals surface area contributed by atoms with Crippen molar-refractivity contribution in [3.05, 3.63) is 85.1 Å². The molecule has 0 rings (SSSR count). The fraction of sp³-hybridized carbons (Fsp3) is 0.738. The third-order valence-corrected chi connectivity index (χ3v) is 11.9.